The number of carbonyl (C=O) groups is 1. The molecule has 8 nitrogen and oxygen atoms in total. The van der Waals surface area contributed by atoms with E-state index in [-0.39, 0.29) is 5.69 Å². The standard InChI is InChI=1S/C37H34N6O2/c1-2-3-4-5-6-13-24-45-37-35(41-30-18-11-12-19-31(30)43-37)23-22-33-32(38-26-14-7-8-15-27(26)39-33)20-21-34-36(25-44)42-29-17-10-9-16-28(29)40-34/h7-12,14-23,25H,2-6,13,24H2,1H3/b21-20+,23-22+. The second-order valence-electron chi connectivity index (χ2n) is 10.8. The molecule has 0 unspecified atom stereocenters. The number of ether oxygens (including phenoxy) is 1. The molecule has 3 aromatic carbocycles. The van der Waals surface area contributed by atoms with Gasteiger partial charge in [-0.1, -0.05) is 75.4 Å². The predicted molar refractivity (Wildman–Crippen MR) is 181 cm³/mol. The lowest BCUT2D eigenvalue weighted by molar-refractivity contribution is 0.111. The van der Waals surface area contributed by atoms with Crippen molar-refractivity contribution in [1.82, 2.24) is 29.9 Å². The molecule has 45 heavy (non-hydrogen) atoms. The Balaban J connectivity index is 1.34. The van der Waals surface area contributed by atoms with E-state index in [4.69, 9.17) is 24.7 Å². The topological polar surface area (TPSA) is 104 Å². The third kappa shape index (κ3) is 7.24. The first-order chi connectivity index (χ1) is 22.2. The summed E-state index contributed by atoms with van der Waals surface area (Å²) in [5.74, 6) is 0.492. The summed E-state index contributed by atoms with van der Waals surface area (Å²) in [5.41, 5.74) is 7.02. The predicted octanol–water partition coefficient (Wildman–Crippen LogP) is 8.41. The molecule has 0 aliphatic rings. The van der Waals surface area contributed by atoms with E-state index in [1.165, 1.54) is 25.7 Å². The minimum absolute atomic E-state index is 0.259. The number of rotatable bonds is 13. The van der Waals surface area contributed by atoms with Crippen LogP contribution in [0.2, 0.25) is 0 Å². The number of aldehydes is 1. The highest BCUT2D eigenvalue weighted by atomic mass is 16.5. The molecule has 3 heterocycles. The third-order valence-corrected chi connectivity index (χ3v) is 7.46. The normalized spacial score (nSPS) is 11.8. The van der Waals surface area contributed by atoms with Crippen LogP contribution in [0.5, 0.6) is 5.88 Å². The average molecular weight is 595 g/mol. The van der Waals surface area contributed by atoms with Gasteiger partial charge < -0.3 is 4.74 Å². The number of fused-ring (bicyclic) bond motifs is 3. The molecular weight excluding hydrogens is 560 g/mol. The van der Waals surface area contributed by atoms with Crippen LogP contribution < -0.4 is 4.74 Å². The zero-order valence-electron chi connectivity index (χ0n) is 25.3. The van der Waals surface area contributed by atoms with Gasteiger partial charge in [-0.15, -0.1) is 0 Å². The molecule has 0 aliphatic carbocycles. The summed E-state index contributed by atoms with van der Waals surface area (Å²) in [7, 11) is 0. The highest BCUT2D eigenvalue weighted by molar-refractivity contribution is 5.88. The van der Waals surface area contributed by atoms with Gasteiger partial charge in [-0.2, -0.15) is 0 Å². The van der Waals surface area contributed by atoms with Crippen LogP contribution >= 0.6 is 0 Å². The maximum Gasteiger partial charge on any atom is 0.240 e. The van der Waals surface area contributed by atoms with Gasteiger partial charge in [0.2, 0.25) is 5.88 Å². The van der Waals surface area contributed by atoms with E-state index in [0.29, 0.717) is 46.3 Å². The van der Waals surface area contributed by atoms with Gasteiger partial charge >= 0.3 is 0 Å². The molecule has 0 aliphatic heterocycles. The molecule has 0 saturated carbocycles. The van der Waals surface area contributed by atoms with Crippen LogP contribution in [0.1, 0.15) is 78.7 Å². The summed E-state index contributed by atoms with van der Waals surface area (Å²) in [5, 5.41) is 0. The van der Waals surface area contributed by atoms with Crippen molar-refractivity contribution in [2.75, 3.05) is 6.61 Å². The lowest BCUT2D eigenvalue weighted by Gasteiger charge is -2.09. The van der Waals surface area contributed by atoms with Crippen molar-refractivity contribution in [2.45, 2.75) is 45.4 Å². The zero-order valence-corrected chi connectivity index (χ0v) is 25.3. The average Bonchev–Trinajstić information content (AvgIpc) is 3.08. The molecule has 0 spiro atoms. The Labute approximate surface area is 262 Å². The van der Waals surface area contributed by atoms with Crippen LogP contribution in [0.4, 0.5) is 0 Å². The minimum Gasteiger partial charge on any atom is -0.476 e. The highest BCUT2D eigenvalue weighted by Crippen LogP contribution is 2.24. The number of nitrogens with zero attached hydrogens (tertiary/aromatic N) is 6. The Hall–Kier alpha value is -5.37. The van der Waals surface area contributed by atoms with Crippen LogP contribution in [0.25, 0.3) is 57.4 Å². The molecule has 6 rings (SSSR count). The number of hydrogen-bond acceptors (Lipinski definition) is 8. The first-order valence-electron chi connectivity index (χ1n) is 15.5. The number of benzene rings is 3. The molecule has 0 amide bonds. The van der Waals surface area contributed by atoms with Crippen LogP contribution in [0.15, 0.2) is 72.8 Å². The largest absolute Gasteiger partial charge is 0.476 e. The van der Waals surface area contributed by atoms with Crippen LogP contribution in [0, 0.1) is 0 Å². The quantitative estimate of drug-likeness (QED) is 0.0970. The minimum atomic E-state index is 0.259. The molecule has 224 valence electrons. The van der Waals surface area contributed by atoms with Gasteiger partial charge in [0.1, 0.15) is 11.4 Å². The Bertz CT molecular complexity index is 2020. The molecule has 0 fully saturated rings. The molecule has 0 saturated heterocycles. The fourth-order valence-electron chi connectivity index (χ4n) is 5.09. The van der Waals surface area contributed by atoms with Gasteiger partial charge in [0.05, 0.1) is 56.8 Å². The summed E-state index contributed by atoms with van der Waals surface area (Å²) in [6.07, 6.45) is 15.1. The second kappa shape index (κ2) is 14.4. The van der Waals surface area contributed by atoms with Crippen LogP contribution in [-0.2, 0) is 0 Å². The number of aromatic nitrogens is 6. The Kier molecular flexibility index (Phi) is 9.50. The van der Waals surface area contributed by atoms with Gasteiger partial charge in [0.25, 0.3) is 0 Å². The fraction of sp³-hybridized carbons (Fsp3) is 0.216. The van der Waals surface area contributed by atoms with E-state index in [9.17, 15) is 4.79 Å². The molecule has 0 radical (unpaired) electrons. The second-order valence-corrected chi connectivity index (χ2v) is 10.8. The van der Waals surface area contributed by atoms with Crippen molar-refractivity contribution < 1.29 is 9.53 Å². The fourth-order valence-corrected chi connectivity index (χ4v) is 5.09. The Morgan fingerprint density at radius 1 is 0.489 bits per heavy atom. The Morgan fingerprint density at radius 2 is 0.867 bits per heavy atom. The molecule has 0 atom stereocenters. The molecule has 0 bridgehead atoms. The van der Waals surface area contributed by atoms with Gasteiger partial charge in [-0.05, 0) is 67.1 Å². The molecule has 3 aromatic heterocycles. The number of para-hydroxylation sites is 6. The van der Waals surface area contributed by atoms with Crippen LogP contribution in [0.3, 0.4) is 0 Å². The van der Waals surface area contributed by atoms with Gasteiger partial charge in [-0.25, -0.2) is 29.9 Å². The zero-order chi connectivity index (χ0) is 30.8. The molecule has 6 aromatic rings. The third-order valence-electron chi connectivity index (χ3n) is 7.46. The molecule has 8 heteroatoms. The maximum absolute atomic E-state index is 11.9. The van der Waals surface area contributed by atoms with Crippen LogP contribution in [-0.4, -0.2) is 42.8 Å². The van der Waals surface area contributed by atoms with E-state index in [1.54, 1.807) is 6.08 Å². The van der Waals surface area contributed by atoms with Gasteiger partial charge in [0, 0.05) is 0 Å². The Morgan fingerprint density at radius 3 is 1.36 bits per heavy atom. The van der Waals surface area contributed by atoms with Gasteiger partial charge in [-0.3, -0.25) is 4.79 Å². The monoisotopic (exact) mass is 594 g/mol. The lowest BCUT2D eigenvalue weighted by Crippen LogP contribution is -2.03. The molecular formula is C37H34N6O2. The van der Waals surface area contributed by atoms with E-state index in [0.717, 1.165) is 41.2 Å². The van der Waals surface area contributed by atoms with E-state index in [2.05, 4.69) is 16.9 Å². The maximum atomic E-state index is 11.9. The summed E-state index contributed by atoms with van der Waals surface area (Å²) in [6.45, 7) is 2.80. The first kappa shape index (κ1) is 29.7. The van der Waals surface area contributed by atoms with Crippen molar-refractivity contribution in [1.29, 1.82) is 0 Å². The van der Waals surface area contributed by atoms with Crippen molar-refractivity contribution in [3.05, 3.63) is 101 Å². The summed E-state index contributed by atoms with van der Waals surface area (Å²) in [6, 6.07) is 23.0. The summed E-state index contributed by atoms with van der Waals surface area (Å²) >= 11 is 0. The number of hydrogen-bond donors (Lipinski definition) is 0. The number of carbonyl (C=O) groups excluding carboxylic acids is 1. The van der Waals surface area contributed by atoms with Gasteiger partial charge in [0.15, 0.2) is 6.29 Å². The van der Waals surface area contributed by atoms with E-state index < -0.39 is 0 Å². The smallest absolute Gasteiger partial charge is 0.240 e. The lowest BCUT2D eigenvalue weighted by atomic mass is 10.1. The molecule has 0 N–H and O–H groups in total. The van der Waals surface area contributed by atoms with Crippen molar-refractivity contribution in [3.8, 4) is 5.88 Å². The summed E-state index contributed by atoms with van der Waals surface area (Å²) < 4.78 is 6.18. The van der Waals surface area contributed by atoms with E-state index >= 15 is 0 Å². The summed E-state index contributed by atoms with van der Waals surface area (Å²) in [4.78, 5) is 40.4. The van der Waals surface area contributed by atoms with E-state index in [1.807, 2.05) is 91.0 Å². The highest BCUT2D eigenvalue weighted by Gasteiger charge is 2.11. The van der Waals surface area contributed by atoms with Crippen molar-refractivity contribution in [3.63, 3.8) is 0 Å². The SMILES string of the molecule is CCCCCCCCOc1nc2ccccc2nc1/C=C/c1nc2ccccc2nc1/C=C/c1nc2ccccc2nc1C=O. The number of unbranched alkanes of at least 4 members (excludes halogenated alkanes) is 5. The first-order valence-corrected chi connectivity index (χ1v) is 15.5. The van der Waals surface area contributed by atoms with Crippen molar-refractivity contribution >= 4 is 63.7 Å². The van der Waals surface area contributed by atoms with Crippen molar-refractivity contribution in [2.24, 2.45) is 0 Å².